The van der Waals surface area contributed by atoms with Gasteiger partial charge in [-0.1, -0.05) is 89.9 Å². The fourth-order valence-corrected chi connectivity index (χ4v) is 6.94. The molecular formula is C25H39NOS. The zero-order chi connectivity index (χ0) is 20.6. The summed E-state index contributed by atoms with van der Waals surface area (Å²) in [6.07, 6.45) is 5.85. The van der Waals surface area contributed by atoms with Crippen molar-refractivity contribution >= 4 is 11.9 Å². The van der Waals surface area contributed by atoms with Crippen molar-refractivity contribution in [3.05, 3.63) is 48.6 Å². The number of ether oxygens (including phenoxy) is 1. The van der Waals surface area contributed by atoms with Gasteiger partial charge < -0.3 is 4.74 Å². The molecule has 5 atom stereocenters. The van der Waals surface area contributed by atoms with E-state index in [1.807, 2.05) is 18.0 Å². The molecule has 2 nitrogen and oxygen atoms in total. The van der Waals surface area contributed by atoms with E-state index in [1.165, 1.54) is 18.4 Å². The minimum atomic E-state index is 0.195. The molecule has 0 aromatic heterocycles. The van der Waals surface area contributed by atoms with Crippen molar-refractivity contribution in [1.29, 1.82) is 0 Å². The van der Waals surface area contributed by atoms with Crippen LogP contribution < -0.4 is 4.72 Å². The molecular weight excluding hydrogens is 362 g/mol. The maximum Gasteiger partial charge on any atom is 0.0768 e. The molecule has 2 bridgehead atoms. The van der Waals surface area contributed by atoms with Gasteiger partial charge in [0.1, 0.15) is 0 Å². The van der Waals surface area contributed by atoms with Crippen LogP contribution in [0.5, 0.6) is 0 Å². The molecule has 2 fully saturated rings. The monoisotopic (exact) mass is 401 g/mol. The third-order valence-electron chi connectivity index (χ3n) is 7.34. The van der Waals surface area contributed by atoms with Crippen LogP contribution in [0.3, 0.4) is 0 Å². The lowest BCUT2D eigenvalue weighted by Crippen LogP contribution is -2.43. The summed E-state index contributed by atoms with van der Waals surface area (Å²) in [5.41, 5.74) is 2.09. The zero-order valence-corrected chi connectivity index (χ0v) is 19.4. The highest BCUT2D eigenvalue weighted by atomic mass is 32.2. The lowest BCUT2D eigenvalue weighted by atomic mass is 9.70. The van der Waals surface area contributed by atoms with Crippen molar-refractivity contribution in [1.82, 2.24) is 4.72 Å². The van der Waals surface area contributed by atoms with Gasteiger partial charge in [0.25, 0.3) is 0 Å². The number of nitrogens with one attached hydrogen (secondary N) is 1. The maximum atomic E-state index is 6.67. The van der Waals surface area contributed by atoms with Crippen LogP contribution in [-0.4, -0.2) is 18.0 Å². The normalized spacial score (nSPS) is 32.4. The van der Waals surface area contributed by atoms with Gasteiger partial charge in [-0.25, -0.2) is 0 Å². The van der Waals surface area contributed by atoms with Gasteiger partial charge in [0.05, 0.1) is 12.7 Å². The van der Waals surface area contributed by atoms with E-state index in [9.17, 15) is 0 Å². The van der Waals surface area contributed by atoms with E-state index >= 15 is 0 Å². The van der Waals surface area contributed by atoms with E-state index < -0.39 is 0 Å². The maximum absolute atomic E-state index is 6.67. The number of rotatable bonds is 8. The molecule has 0 heterocycles. The minimum absolute atomic E-state index is 0.195. The molecule has 0 aliphatic heterocycles. The van der Waals surface area contributed by atoms with E-state index in [0.717, 1.165) is 13.0 Å². The molecule has 2 aliphatic rings. The molecule has 1 aromatic rings. The number of hydrogen-bond donors (Lipinski definition) is 1. The highest BCUT2D eigenvalue weighted by molar-refractivity contribution is 7.98. The predicted molar refractivity (Wildman–Crippen MR) is 122 cm³/mol. The molecule has 1 aromatic carbocycles. The second-order valence-corrected chi connectivity index (χ2v) is 11.8. The van der Waals surface area contributed by atoms with Gasteiger partial charge in [0.15, 0.2) is 0 Å². The van der Waals surface area contributed by atoms with Gasteiger partial charge >= 0.3 is 0 Å². The van der Waals surface area contributed by atoms with Gasteiger partial charge in [-0.05, 0) is 41.6 Å². The van der Waals surface area contributed by atoms with E-state index in [-0.39, 0.29) is 10.8 Å². The van der Waals surface area contributed by atoms with Crippen molar-refractivity contribution < 1.29 is 4.74 Å². The van der Waals surface area contributed by atoms with Crippen molar-refractivity contribution in [2.24, 2.45) is 22.2 Å². The average Bonchev–Trinajstić information content (AvgIpc) is 2.95. The van der Waals surface area contributed by atoms with Crippen LogP contribution in [0, 0.1) is 22.2 Å². The lowest BCUT2D eigenvalue weighted by molar-refractivity contribution is -0.0671. The van der Waals surface area contributed by atoms with E-state index in [2.05, 4.69) is 83.2 Å². The minimum Gasteiger partial charge on any atom is -0.376 e. The quantitative estimate of drug-likeness (QED) is 0.382. The molecule has 0 spiro atoms. The predicted octanol–water partition coefficient (Wildman–Crippen LogP) is 6.80. The zero-order valence-electron chi connectivity index (χ0n) is 18.6. The Hall–Kier alpha value is -0.770. The molecule has 2 aliphatic carbocycles. The molecule has 0 saturated heterocycles. The third kappa shape index (κ3) is 4.08. The Balaban J connectivity index is 1.77. The van der Waals surface area contributed by atoms with Crippen LogP contribution in [0.15, 0.2) is 43.0 Å². The molecule has 156 valence electrons. The molecule has 3 rings (SSSR count). The summed E-state index contributed by atoms with van der Waals surface area (Å²) in [5, 5.41) is 0.493. The van der Waals surface area contributed by atoms with Gasteiger partial charge in [-0.3, -0.25) is 4.72 Å². The molecule has 0 unspecified atom stereocenters. The highest BCUT2D eigenvalue weighted by Crippen LogP contribution is 2.68. The first-order valence-corrected chi connectivity index (χ1v) is 11.7. The molecule has 2 saturated carbocycles. The first kappa shape index (κ1) is 21.9. The van der Waals surface area contributed by atoms with Crippen LogP contribution in [0.25, 0.3) is 0 Å². The highest BCUT2D eigenvalue weighted by Gasteiger charge is 2.67. The molecule has 0 amide bonds. The third-order valence-corrected chi connectivity index (χ3v) is 8.61. The van der Waals surface area contributed by atoms with Crippen molar-refractivity contribution in [3.8, 4) is 0 Å². The fraction of sp³-hybridized carbons (Fsp3) is 0.680. The number of hydrogen-bond acceptors (Lipinski definition) is 3. The van der Waals surface area contributed by atoms with Gasteiger partial charge in [-0.2, -0.15) is 0 Å². The Morgan fingerprint density at radius 2 is 1.93 bits per heavy atom. The first-order chi connectivity index (χ1) is 13.1. The largest absolute Gasteiger partial charge is 0.376 e. The Morgan fingerprint density at radius 3 is 2.54 bits per heavy atom. The smallest absolute Gasteiger partial charge is 0.0768 e. The Morgan fingerprint density at radius 1 is 1.25 bits per heavy atom. The van der Waals surface area contributed by atoms with Crippen LogP contribution in [0.1, 0.15) is 72.4 Å². The fourth-order valence-electron chi connectivity index (χ4n) is 5.25. The summed E-state index contributed by atoms with van der Waals surface area (Å²) in [7, 11) is 0. The standard InChI is InChI=1S/C25H39NOS/c1-8-12-20(18-13-10-9-11-14-18)26-28-21-19-15-16-25(7,24(19,5)6)22(21)27-17-23(2,3)4/h8-11,13-14,19-22,26H,1,12,15-17H2,2-7H3/t19-,20+,21-,22-,25+/m1/s1. The molecule has 3 heteroatoms. The van der Waals surface area contributed by atoms with Gasteiger partial charge in [-0.15, -0.1) is 6.58 Å². The Bertz CT molecular complexity index is 665. The van der Waals surface area contributed by atoms with Crippen LogP contribution in [0.4, 0.5) is 0 Å². The second-order valence-electron chi connectivity index (χ2n) is 10.8. The summed E-state index contributed by atoms with van der Waals surface area (Å²) < 4.78 is 10.5. The van der Waals surface area contributed by atoms with Crippen molar-refractivity contribution in [2.75, 3.05) is 6.61 Å². The van der Waals surface area contributed by atoms with Crippen molar-refractivity contribution in [2.45, 2.75) is 78.2 Å². The van der Waals surface area contributed by atoms with E-state index in [4.69, 9.17) is 4.74 Å². The van der Waals surface area contributed by atoms with E-state index in [0.29, 0.717) is 28.7 Å². The SMILES string of the molecule is C=CC[C@H](NS[C@@H]1[C@H]2CC[C@@](C)([C@@H]1OCC(C)(C)C)C2(C)C)c1ccccc1. The molecule has 1 N–H and O–H groups in total. The van der Waals surface area contributed by atoms with Crippen LogP contribution >= 0.6 is 11.9 Å². The first-order valence-electron chi connectivity index (χ1n) is 10.8. The van der Waals surface area contributed by atoms with Gasteiger partial charge in [0.2, 0.25) is 0 Å². The number of fused-ring (bicyclic) bond motifs is 2. The Kier molecular flexibility index (Phi) is 6.39. The second kappa shape index (κ2) is 8.16. The average molecular weight is 402 g/mol. The van der Waals surface area contributed by atoms with Crippen LogP contribution in [0.2, 0.25) is 0 Å². The molecule has 28 heavy (non-hydrogen) atoms. The Labute approximate surface area is 177 Å². The van der Waals surface area contributed by atoms with Crippen LogP contribution in [-0.2, 0) is 4.74 Å². The number of benzene rings is 1. The summed E-state index contributed by atoms with van der Waals surface area (Å²) in [6.45, 7) is 19.0. The van der Waals surface area contributed by atoms with Gasteiger partial charge in [0, 0.05) is 16.7 Å². The molecule has 0 radical (unpaired) electrons. The summed E-state index contributed by atoms with van der Waals surface area (Å²) in [5.74, 6) is 0.695. The lowest BCUT2D eigenvalue weighted by Gasteiger charge is -2.41. The summed E-state index contributed by atoms with van der Waals surface area (Å²) in [4.78, 5) is 0. The summed E-state index contributed by atoms with van der Waals surface area (Å²) in [6, 6.07) is 11.0. The van der Waals surface area contributed by atoms with E-state index in [1.54, 1.807) is 0 Å². The topological polar surface area (TPSA) is 21.3 Å². The summed E-state index contributed by atoms with van der Waals surface area (Å²) >= 11 is 1.93. The van der Waals surface area contributed by atoms with Crippen molar-refractivity contribution in [3.63, 3.8) is 0 Å².